The molecular weight excluding hydrogens is 328 g/mol. The van der Waals surface area contributed by atoms with Crippen LogP contribution >= 0.6 is 0 Å². The average molecular weight is 341 g/mol. The summed E-state index contributed by atoms with van der Waals surface area (Å²) in [6.45, 7) is -0.0984. The minimum atomic E-state index is -0.846. The van der Waals surface area contributed by atoms with Gasteiger partial charge in [-0.1, -0.05) is 6.07 Å². The molecular formula is C18H13F2N3O2. The summed E-state index contributed by atoms with van der Waals surface area (Å²) in [4.78, 5) is 25.4. The van der Waals surface area contributed by atoms with E-state index in [1.807, 2.05) is 6.07 Å². The standard InChI is InChI=1S/C18H13F2N3O2/c19-14-2-1-3-15(20)17(14)23-10-12(8-16(23)24)18(25)22-13-6-4-11(9-21)5-7-13/h1-7,12H,8,10H2,(H,22,25). The van der Waals surface area contributed by atoms with Gasteiger partial charge in [0.2, 0.25) is 11.8 Å². The molecule has 1 heterocycles. The molecule has 3 rings (SSSR count). The van der Waals surface area contributed by atoms with Crippen LogP contribution in [0, 0.1) is 28.9 Å². The number of anilines is 2. The number of hydrogen-bond acceptors (Lipinski definition) is 3. The molecule has 1 aliphatic heterocycles. The van der Waals surface area contributed by atoms with Crippen molar-refractivity contribution in [1.29, 1.82) is 5.26 Å². The molecule has 0 saturated carbocycles. The molecule has 1 aliphatic rings. The second-order valence-electron chi connectivity index (χ2n) is 5.65. The highest BCUT2D eigenvalue weighted by atomic mass is 19.1. The number of halogens is 2. The zero-order valence-corrected chi connectivity index (χ0v) is 13.0. The van der Waals surface area contributed by atoms with Crippen molar-refractivity contribution >= 4 is 23.2 Å². The quantitative estimate of drug-likeness (QED) is 0.933. The molecule has 0 spiro atoms. The molecule has 1 saturated heterocycles. The number of hydrogen-bond donors (Lipinski definition) is 1. The predicted octanol–water partition coefficient (Wildman–Crippen LogP) is 2.83. The summed E-state index contributed by atoms with van der Waals surface area (Å²) >= 11 is 0. The second-order valence-corrected chi connectivity index (χ2v) is 5.65. The van der Waals surface area contributed by atoms with Gasteiger partial charge in [-0.2, -0.15) is 5.26 Å². The van der Waals surface area contributed by atoms with Gasteiger partial charge in [0.05, 0.1) is 17.6 Å². The number of nitriles is 1. The fourth-order valence-electron chi connectivity index (χ4n) is 2.72. The van der Waals surface area contributed by atoms with Crippen LogP contribution in [0.15, 0.2) is 42.5 Å². The fourth-order valence-corrected chi connectivity index (χ4v) is 2.72. The number of para-hydroxylation sites is 1. The number of carbonyl (C=O) groups is 2. The molecule has 0 radical (unpaired) electrons. The van der Waals surface area contributed by atoms with Crippen LogP contribution in [0.5, 0.6) is 0 Å². The van der Waals surface area contributed by atoms with Crippen molar-refractivity contribution in [1.82, 2.24) is 0 Å². The Morgan fingerprint density at radius 2 is 1.80 bits per heavy atom. The first-order chi connectivity index (χ1) is 12.0. The highest BCUT2D eigenvalue weighted by Gasteiger charge is 2.37. The summed E-state index contributed by atoms with van der Waals surface area (Å²) in [5, 5.41) is 11.4. The summed E-state index contributed by atoms with van der Waals surface area (Å²) in [7, 11) is 0. The lowest BCUT2D eigenvalue weighted by Gasteiger charge is -2.18. The molecule has 0 bridgehead atoms. The molecule has 1 N–H and O–H groups in total. The third-order valence-electron chi connectivity index (χ3n) is 3.98. The van der Waals surface area contributed by atoms with Crippen LogP contribution in [0.1, 0.15) is 12.0 Å². The third kappa shape index (κ3) is 3.33. The lowest BCUT2D eigenvalue weighted by molar-refractivity contribution is -0.122. The molecule has 5 nitrogen and oxygen atoms in total. The average Bonchev–Trinajstić information content (AvgIpc) is 2.97. The summed E-state index contributed by atoms with van der Waals surface area (Å²) in [5.41, 5.74) is 0.503. The van der Waals surface area contributed by atoms with Crippen molar-refractivity contribution < 1.29 is 18.4 Å². The summed E-state index contributed by atoms with van der Waals surface area (Å²) in [5.74, 6) is -3.34. The zero-order chi connectivity index (χ0) is 18.0. The number of carbonyl (C=O) groups excluding carboxylic acids is 2. The first-order valence-corrected chi connectivity index (χ1v) is 7.55. The lowest BCUT2D eigenvalue weighted by Crippen LogP contribution is -2.29. The smallest absolute Gasteiger partial charge is 0.229 e. The van der Waals surface area contributed by atoms with Gasteiger partial charge in [-0.15, -0.1) is 0 Å². The molecule has 2 aromatic rings. The van der Waals surface area contributed by atoms with Crippen molar-refractivity contribution in [2.24, 2.45) is 5.92 Å². The molecule has 25 heavy (non-hydrogen) atoms. The maximum absolute atomic E-state index is 13.9. The Bertz CT molecular complexity index is 855. The van der Waals surface area contributed by atoms with Gasteiger partial charge in [0.1, 0.15) is 17.3 Å². The lowest BCUT2D eigenvalue weighted by atomic mass is 10.1. The number of nitrogens with zero attached hydrogens (tertiary/aromatic N) is 2. The van der Waals surface area contributed by atoms with Crippen LogP contribution in [0.2, 0.25) is 0 Å². The fraction of sp³-hybridized carbons (Fsp3) is 0.167. The van der Waals surface area contributed by atoms with E-state index in [1.54, 1.807) is 24.3 Å². The highest BCUT2D eigenvalue weighted by Crippen LogP contribution is 2.30. The van der Waals surface area contributed by atoms with Gasteiger partial charge in [0, 0.05) is 18.7 Å². The molecule has 1 atom stereocenters. The van der Waals surface area contributed by atoms with Gasteiger partial charge >= 0.3 is 0 Å². The van der Waals surface area contributed by atoms with Crippen molar-refractivity contribution in [2.75, 3.05) is 16.8 Å². The monoisotopic (exact) mass is 341 g/mol. The number of nitrogens with one attached hydrogen (secondary N) is 1. The second kappa shape index (κ2) is 6.69. The molecule has 2 aromatic carbocycles. The normalized spacial score (nSPS) is 16.6. The predicted molar refractivity (Wildman–Crippen MR) is 86.6 cm³/mol. The molecule has 7 heteroatoms. The van der Waals surface area contributed by atoms with Crippen LogP contribution in [0.3, 0.4) is 0 Å². The minimum Gasteiger partial charge on any atom is -0.326 e. The van der Waals surface area contributed by atoms with Gasteiger partial charge in [0.25, 0.3) is 0 Å². The first kappa shape index (κ1) is 16.6. The Morgan fingerprint density at radius 3 is 2.40 bits per heavy atom. The van der Waals surface area contributed by atoms with E-state index in [-0.39, 0.29) is 13.0 Å². The Labute approximate surface area is 142 Å². The van der Waals surface area contributed by atoms with Crippen molar-refractivity contribution in [3.63, 3.8) is 0 Å². The molecule has 0 aromatic heterocycles. The van der Waals surface area contributed by atoms with Crippen LogP contribution < -0.4 is 10.2 Å². The van der Waals surface area contributed by atoms with Crippen molar-refractivity contribution in [3.8, 4) is 6.07 Å². The van der Waals surface area contributed by atoms with Gasteiger partial charge < -0.3 is 10.2 Å². The maximum Gasteiger partial charge on any atom is 0.229 e. The Kier molecular flexibility index (Phi) is 4.44. The van der Waals surface area contributed by atoms with Gasteiger partial charge in [-0.05, 0) is 36.4 Å². The molecule has 2 amide bonds. The summed E-state index contributed by atoms with van der Waals surface area (Å²) in [6, 6.07) is 11.6. The van der Waals surface area contributed by atoms with Crippen LogP contribution in [-0.2, 0) is 9.59 Å². The Morgan fingerprint density at radius 1 is 1.16 bits per heavy atom. The molecule has 1 fully saturated rings. The van der Waals surface area contributed by atoms with E-state index in [2.05, 4.69) is 5.32 Å². The van der Waals surface area contributed by atoms with Gasteiger partial charge in [-0.3, -0.25) is 9.59 Å². The summed E-state index contributed by atoms with van der Waals surface area (Å²) < 4.78 is 27.7. The van der Waals surface area contributed by atoms with Gasteiger partial charge in [-0.25, -0.2) is 8.78 Å². The van der Waals surface area contributed by atoms with Gasteiger partial charge in [0.15, 0.2) is 0 Å². The van der Waals surface area contributed by atoms with Crippen molar-refractivity contribution in [3.05, 3.63) is 59.7 Å². The highest BCUT2D eigenvalue weighted by molar-refractivity contribution is 6.03. The van der Waals surface area contributed by atoms with E-state index >= 15 is 0 Å². The third-order valence-corrected chi connectivity index (χ3v) is 3.98. The SMILES string of the molecule is N#Cc1ccc(NC(=O)C2CC(=O)N(c3c(F)cccc3F)C2)cc1. The number of rotatable bonds is 3. The van der Waals surface area contributed by atoms with E-state index < -0.39 is 35.1 Å². The topological polar surface area (TPSA) is 73.2 Å². The van der Waals surface area contributed by atoms with Crippen LogP contribution in [0.25, 0.3) is 0 Å². The molecule has 126 valence electrons. The molecule has 1 unspecified atom stereocenters. The summed E-state index contributed by atoms with van der Waals surface area (Å²) in [6.07, 6.45) is -0.129. The number of benzene rings is 2. The zero-order valence-electron chi connectivity index (χ0n) is 13.0. The Balaban J connectivity index is 1.73. The van der Waals surface area contributed by atoms with Crippen LogP contribution in [-0.4, -0.2) is 18.4 Å². The maximum atomic E-state index is 13.9. The van der Waals surface area contributed by atoms with E-state index in [0.29, 0.717) is 11.3 Å². The van der Waals surface area contributed by atoms with E-state index in [4.69, 9.17) is 5.26 Å². The van der Waals surface area contributed by atoms with E-state index in [0.717, 1.165) is 17.0 Å². The van der Waals surface area contributed by atoms with E-state index in [9.17, 15) is 18.4 Å². The minimum absolute atomic E-state index is 0.0984. The largest absolute Gasteiger partial charge is 0.326 e. The van der Waals surface area contributed by atoms with Crippen LogP contribution in [0.4, 0.5) is 20.2 Å². The molecule has 0 aliphatic carbocycles. The van der Waals surface area contributed by atoms with E-state index in [1.165, 1.54) is 6.07 Å². The Hall–Kier alpha value is -3.27. The number of amides is 2. The van der Waals surface area contributed by atoms with Crippen molar-refractivity contribution in [2.45, 2.75) is 6.42 Å². The first-order valence-electron chi connectivity index (χ1n) is 7.55.